The number of nitrogens with one attached hydrogen (secondary N) is 1. The van der Waals surface area contributed by atoms with Crippen LogP contribution in [-0.4, -0.2) is 6.41 Å². The zero-order valence-corrected chi connectivity index (χ0v) is 11.1. The maximum Gasteiger partial charge on any atom is 0.211 e. The van der Waals surface area contributed by atoms with Crippen molar-refractivity contribution < 1.29 is 4.79 Å². The lowest BCUT2D eigenvalue weighted by Crippen LogP contribution is -1.96. The lowest BCUT2D eigenvalue weighted by molar-refractivity contribution is -0.105. The fraction of sp³-hybridized carbons (Fsp3) is 0. The lowest BCUT2D eigenvalue weighted by atomic mass is 10.1. The van der Waals surface area contributed by atoms with E-state index >= 15 is 0 Å². The molecule has 2 aromatic rings. The van der Waals surface area contributed by atoms with E-state index in [1.807, 2.05) is 48.5 Å². The number of amides is 1. The number of carbonyl (C=O) groups excluding carboxylic acids is 1. The van der Waals surface area contributed by atoms with E-state index in [0.717, 1.165) is 15.6 Å². The molecule has 0 aliphatic carbocycles. The highest BCUT2D eigenvalue weighted by molar-refractivity contribution is 9.10. The summed E-state index contributed by atoms with van der Waals surface area (Å²) < 4.78 is 0.957. The van der Waals surface area contributed by atoms with E-state index in [4.69, 9.17) is 0 Å². The molecule has 1 amide bonds. The SMILES string of the molecule is O=CNc1ccccc1C#Cc1ccccc1Br. The summed E-state index contributed by atoms with van der Waals surface area (Å²) in [6.45, 7) is 0. The number of anilines is 1. The second kappa shape index (κ2) is 6.04. The van der Waals surface area contributed by atoms with Gasteiger partial charge in [0.25, 0.3) is 0 Å². The third kappa shape index (κ3) is 2.99. The van der Waals surface area contributed by atoms with E-state index in [2.05, 4.69) is 33.1 Å². The minimum absolute atomic E-state index is 0.652. The van der Waals surface area contributed by atoms with Gasteiger partial charge in [-0.3, -0.25) is 4.79 Å². The number of hydrogen-bond donors (Lipinski definition) is 1. The van der Waals surface area contributed by atoms with E-state index in [-0.39, 0.29) is 0 Å². The van der Waals surface area contributed by atoms with Crippen LogP contribution >= 0.6 is 15.9 Å². The number of carbonyl (C=O) groups is 1. The van der Waals surface area contributed by atoms with Crippen LogP contribution in [0.1, 0.15) is 11.1 Å². The van der Waals surface area contributed by atoms with Crippen molar-refractivity contribution in [1.82, 2.24) is 0 Å². The first-order chi connectivity index (χ1) is 8.81. The Morgan fingerprint density at radius 1 is 0.944 bits per heavy atom. The summed E-state index contributed by atoms with van der Waals surface area (Å²) in [5.74, 6) is 6.13. The summed E-state index contributed by atoms with van der Waals surface area (Å²) >= 11 is 3.44. The Morgan fingerprint density at radius 2 is 1.56 bits per heavy atom. The minimum Gasteiger partial charge on any atom is -0.328 e. The average Bonchev–Trinajstić information content (AvgIpc) is 2.40. The Bertz CT molecular complexity index is 626. The molecule has 2 aromatic carbocycles. The van der Waals surface area contributed by atoms with Crippen LogP contribution in [0.4, 0.5) is 5.69 Å². The van der Waals surface area contributed by atoms with Gasteiger partial charge in [0.1, 0.15) is 0 Å². The molecular formula is C15H10BrNO. The molecule has 0 aromatic heterocycles. The Labute approximate surface area is 114 Å². The summed E-state index contributed by atoms with van der Waals surface area (Å²) in [6, 6.07) is 15.2. The molecule has 0 saturated carbocycles. The summed E-state index contributed by atoms with van der Waals surface area (Å²) in [5.41, 5.74) is 2.42. The van der Waals surface area contributed by atoms with Gasteiger partial charge in [0.15, 0.2) is 0 Å². The molecule has 2 nitrogen and oxygen atoms in total. The number of rotatable bonds is 2. The monoisotopic (exact) mass is 299 g/mol. The molecule has 1 N–H and O–H groups in total. The third-order valence-electron chi connectivity index (χ3n) is 2.35. The number of benzene rings is 2. The first-order valence-corrected chi connectivity index (χ1v) is 6.16. The van der Waals surface area contributed by atoms with Crippen molar-refractivity contribution in [3.05, 3.63) is 64.1 Å². The highest BCUT2D eigenvalue weighted by atomic mass is 79.9. The van der Waals surface area contributed by atoms with Crippen molar-refractivity contribution >= 4 is 28.0 Å². The van der Waals surface area contributed by atoms with Crippen LogP contribution in [0.15, 0.2) is 53.0 Å². The van der Waals surface area contributed by atoms with E-state index in [9.17, 15) is 4.79 Å². The van der Waals surface area contributed by atoms with Gasteiger partial charge in [-0.2, -0.15) is 0 Å². The highest BCUT2D eigenvalue weighted by Gasteiger charge is 1.97. The number of halogens is 1. The van der Waals surface area contributed by atoms with Crippen molar-refractivity contribution in [3.8, 4) is 11.8 Å². The topological polar surface area (TPSA) is 29.1 Å². The molecule has 0 aliphatic heterocycles. The fourth-order valence-electron chi connectivity index (χ4n) is 1.48. The van der Waals surface area contributed by atoms with Gasteiger partial charge in [-0.05, 0) is 40.2 Å². The minimum atomic E-state index is 0.652. The first-order valence-electron chi connectivity index (χ1n) is 5.37. The molecule has 0 radical (unpaired) electrons. The van der Waals surface area contributed by atoms with Crippen molar-refractivity contribution in [1.29, 1.82) is 0 Å². The predicted octanol–water partition coefficient (Wildman–Crippen LogP) is 3.42. The molecule has 0 bridgehead atoms. The average molecular weight is 300 g/mol. The number of hydrogen-bond acceptors (Lipinski definition) is 1. The molecule has 0 heterocycles. The summed E-state index contributed by atoms with van der Waals surface area (Å²) in [7, 11) is 0. The van der Waals surface area contributed by atoms with E-state index in [1.54, 1.807) is 0 Å². The molecule has 0 unspecified atom stereocenters. The Morgan fingerprint density at radius 3 is 2.28 bits per heavy atom. The van der Waals surface area contributed by atoms with Crippen molar-refractivity contribution in [3.63, 3.8) is 0 Å². The highest BCUT2D eigenvalue weighted by Crippen LogP contribution is 2.16. The van der Waals surface area contributed by atoms with Gasteiger partial charge in [-0.15, -0.1) is 0 Å². The largest absolute Gasteiger partial charge is 0.328 e. The van der Waals surface area contributed by atoms with Gasteiger partial charge < -0.3 is 5.32 Å². The maximum atomic E-state index is 10.5. The van der Waals surface area contributed by atoms with Crippen LogP contribution in [0.5, 0.6) is 0 Å². The van der Waals surface area contributed by atoms with E-state index in [0.29, 0.717) is 12.1 Å². The van der Waals surface area contributed by atoms with Crippen LogP contribution in [0.3, 0.4) is 0 Å². The smallest absolute Gasteiger partial charge is 0.211 e. The third-order valence-corrected chi connectivity index (χ3v) is 3.04. The van der Waals surface area contributed by atoms with Crippen molar-refractivity contribution in [2.24, 2.45) is 0 Å². The van der Waals surface area contributed by atoms with Gasteiger partial charge in [-0.25, -0.2) is 0 Å². The predicted molar refractivity (Wildman–Crippen MR) is 76.3 cm³/mol. The number of para-hydroxylation sites is 1. The van der Waals surface area contributed by atoms with Gasteiger partial charge in [0.05, 0.1) is 5.69 Å². The summed E-state index contributed by atoms with van der Waals surface area (Å²) in [6.07, 6.45) is 0.652. The molecule has 0 saturated heterocycles. The van der Waals surface area contributed by atoms with Crippen LogP contribution in [0, 0.1) is 11.8 Å². The Balaban J connectivity index is 2.36. The van der Waals surface area contributed by atoms with Crippen LogP contribution in [-0.2, 0) is 4.79 Å². The van der Waals surface area contributed by atoms with Crippen LogP contribution < -0.4 is 5.32 Å². The van der Waals surface area contributed by atoms with Gasteiger partial charge in [-0.1, -0.05) is 36.1 Å². The summed E-state index contributed by atoms with van der Waals surface area (Å²) in [4.78, 5) is 10.5. The van der Waals surface area contributed by atoms with Crippen molar-refractivity contribution in [2.75, 3.05) is 5.32 Å². The van der Waals surface area contributed by atoms with E-state index < -0.39 is 0 Å². The zero-order valence-electron chi connectivity index (χ0n) is 9.48. The molecule has 18 heavy (non-hydrogen) atoms. The zero-order chi connectivity index (χ0) is 12.8. The second-order valence-corrected chi connectivity index (χ2v) is 4.39. The van der Waals surface area contributed by atoms with E-state index in [1.165, 1.54) is 0 Å². The fourth-order valence-corrected chi connectivity index (χ4v) is 1.86. The molecular weight excluding hydrogens is 290 g/mol. The Kier molecular flexibility index (Phi) is 4.16. The first kappa shape index (κ1) is 12.4. The van der Waals surface area contributed by atoms with Gasteiger partial charge in [0.2, 0.25) is 6.41 Å². The normalized spacial score (nSPS) is 9.17. The van der Waals surface area contributed by atoms with Crippen LogP contribution in [0.25, 0.3) is 0 Å². The molecule has 0 spiro atoms. The maximum absolute atomic E-state index is 10.5. The van der Waals surface area contributed by atoms with Crippen LogP contribution in [0.2, 0.25) is 0 Å². The second-order valence-electron chi connectivity index (χ2n) is 3.54. The summed E-state index contributed by atoms with van der Waals surface area (Å²) in [5, 5.41) is 2.63. The molecule has 0 aliphatic rings. The standard InChI is InChI=1S/C15H10BrNO/c16-14-7-3-1-5-12(14)9-10-13-6-2-4-8-15(13)17-11-18/h1-8,11H,(H,17,18). The molecule has 2 rings (SSSR count). The van der Waals surface area contributed by atoms with Gasteiger partial charge in [0, 0.05) is 15.6 Å². The quantitative estimate of drug-likeness (QED) is 0.668. The van der Waals surface area contributed by atoms with Crippen molar-refractivity contribution in [2.45, 2.75) is 0 Å². The molecule has 0 atom stereocenters. The molecule has 3 heteroatoms. The van der Waals surface area contributed by atoms with Gasteiger partial charge >= 0.3 is 0 Å². The molecule has 88 valence electrons. The molecule has 0 fully saturated rings. The lowest BCUT2D eigenvalue weighted by Gasteiger charge is -2.01. The Hall–Kier alpha value is -2.05.